The number of aryl methyl sites for hydroxylation is 1. The quantitative estimate of drug-likeness (QED) is 0.919. The first-order valence-electron chi connectivity index (χ1n) is 6.49. The molecule has 1 saturated heterocycles. The van der Waals surface area contributed by atoms with Gasteiger partial charge >= 0.3 is 0 Å². The van der Waals surface area contributed by atoms with Gasteiger partial charge in [-0.3, -0.25) is 9.29 Å². The van der Waals surface area contributed by atoms with Gasteiger partial charge in [-0.05, 0) is 30.5 Å². The Bertz CT molecular complexity index is 391. The molecule has 0 amide bonds. The van der Waals surface area contributed by atoms with Gasteiger partial charge in [0.1, 0.15) is 0 Å². The molecule has 1 aromatic carbocycles. The highest BCUT2D eigenvalue weighted by Crippen LogP contribution is 2.31. The van der Waals surface area contributed by atoms with Crippen molar-refractivity contribution < 1.29 is 4.39 Å². The molecular weight excluding hydrogens is 295 g/mol. The van der Waals surface area contributed by atoms with Gasteiger partial charge in [-0.2, -0.15) is 0 Å². The first-order chi connectivity index (χ1) is 8.72. The van der Waals surface area contributed by atoms with Crippen molar-refractivity contribution in [3.05, 3.63) is 33.8 Å². The molecule has 18 heavy (non-hydrogen) atoms. The number of rotatable bonds is 4. The smallest absolute Gasteiger partial charge is 0.0912 e. The van der Waals surface area contributed by atoms with E-state index in [1.165, 1.54) is 11.1 Å². The van der Waals surface area contributed by atoms with Crippen molar-refractivity contribution in [1.29, 1.82) is 0 Å². The Kier molecular flexibility index (Phi) is 5.15. The van der Waals surface area contributed by atoms with Crippen molar-refractivity contribution in [1.82, 2.24) is 10.2 Å². The number of halogens is 2. The van der Waals surface area contributed by atoms with Crippen molar-refractivity contribution in [3.8, 4) is 0 Å². The molecular formula is C14H20BrFN2. The van der Waals surface area contributed by atoms with E-state index in [1.54, 1.807) is 0 Å². The normalized spacial score (nSPS) is 18.8. The minimum atomic E-state index is -0.269. The van der Waals surface area contributed by atoms with Gasteiger partial charge < -0.3 is 5.32 Å². The molecule has 0 bridgehead atoms. The summed E-state index contributed by atoms with van der Waals surface area (Å²) in [5.74, 6) is 0. The first kappa shape index (κ1) is 14.0. The zero-order chi connectivity index (χ0) is 13.0. The van der Waals surface area contributed by atoms with Gasteiger partial charge in [0.2, 0.25) is 0 Å². The Labute approximate surface area is 117 Å². The fourth-order valence-electron chi connectivity index (χ4n) is 2.53. The van der Waals surface area contributed by atoms with Gasteiger partial charge in [-0.15, -0.1) is 0 Å². The lowest BCUT2D eigenvalue weighted by molar-refractivity contribution is 0.157. The van der Waals surface area contributed by atoms with Crippen molar-refractivity contribution in [3.63, 3.8) is 0 Å². The van der Waals surface area contributed by atoms with E-state index < -0.39 is 0 Å². The summed E-state index contributed by atoms with van der Waals surface area (Å²) in [6, 6.07) is 6.53. The number of nitrogens with one attached hydrogen (secondary N) is 1. The second-order valence-electron chi connectivity index (χ2n) is 4.80. The van der Waals surface area contributed by atoms with Crippen molar-refractivity contribution >= 4 is 15.9 Å². The number of benzene rings is 1. The third-order valence-electron chi connectivity index (χ3n) is 3.49. The zero-order valence-electron chi connectivity index (χ0n) is 10.8. The molecule has 0 radical (unpaired) electrons. The van der Waals surface area contributed by atoms with Gasteiger partial charge in [0.25, 0.3) is 0 Å². The van der Waals surface area contributed by atoms with Crippen LogP contribution in [0.5, 0.6) is 0 Å². The Morgan fingerprint density at radius 2 is 2.11 bits per heavy atom. The second-order valence-corrected chi connectivity index (χ2v) is 5.66. The van der Waals surface area contributed by atoms with Crippen LogP contribution in [0.15, 0.2) is 22.7 Å². The van der Waals surface area contributed by atoms with E-state index in [0.29, 0.717) is 6.42 Å². The summed E-state index contributed by atoms with van der Waals surface area (Å²) < 4.78 is 13.9. The standard InChI is InChI=1S/C14H20BrFN2/c1-11-2-3-12(13(15)10-11)14(4-5-16)18-8-6-17-7-9-18/h2-3,10,14,17H,4-9H2,1H3/t14-/m0/s1. The van der Waals surface area contributed by atoms with Crippen LogP contribution in [0.2, 0.25) is 0 Å². The molecule has 100 valence electrons. The van der Waals surface area contributed by atoms with Gasteiger partial charge in [0.05, 0.1) is 6.67 Å². The summed E-state index contributed by atoms with van der Waals surface area (Å²) in [5.41, 5.74) is 2.44. The third-order valence-corrected chi connectivity index (χ3v) is 4.18. The fraction of sp³-hybridized carbons (Fsp3) is 0.571. The molecule has 4 heteroatoms. The molecule has 0 spiro atoms. The molecule has 0 unspecified atom stereocenters. The molecule has 0 aliphatic carbocycles. The summed E-state index contributed by atoms with van der Waals surface area (Å²) in [7, 11) is 0. The molecule has 1 aliphatic heterocycles. The number of nitrogens with zero attached hydrogens (tertiary/aromatic N) is 1. The molecule has 2 nitrogen and oxygen atoms in total. The maximum Gasteiger partial charge on any atom is 0.0912 e. The summed E-state index contributed by atoms with van der Waals surface area (Å²) in [6.07, 6.45) is 0.571. The Balaban J connectivity index is 2.22. The highest BCUT2D eigenvalue weighted by Gasteiger charge is 2.23. The maximum absolute atomic E-state index is 12.8. The Morgan fingerprint density at radius 3 is 2.72 bits per heavy atom. The first-order valence-corrected chi connectivity index (χ1v) is 7.28. The van der Waals surface area contributed by atoms with Crippen LogP contribution >= 0.6 is 15.9 Å². The number of alkyl halides is 1. The van der Waals surface area contributed by atoms with E-state index in [2.05, 4.69) is 51.3 Å². The van der Waals surface area contributed by atoms with E-state index in [-0.39, 0.29) is 12.7 Å². The Hall–Kier alpha value is -0.450. The molecule has 2 rings (SSSR count). The predicted molar refractivity (Wildman–Crippen MR) is 76.7 cm³/mol. The summed E-state index contributed by atoms with van der Waals surface area (Å²) in [4.78, 5) is 2.38. The van der Waals surface area contributed by atoms with Gasteiger partial charge in [-0.25, -0.2) is 0 Å². The lowest BCUT2D eigenvalue weighted by Gasteiger charge is -2.35. The molecule has 1 aromatic rings. The zero-order valence-corrected chi connectivity index (χ0v) is 12.3. The topological polar surface area (TPSA) is 15.3 Å². The average Bonchev–Trinajstić information content (AvgIpc) is 2.38. The fourth-order valence-corrected chi connectivity index (χ4v) is 3.29. The van der Waals surface area contributed by atoms with Crippen LogP contribution in [0.3, 0.4) is 0 Å². The highest BCUT2D eigenvalue weighted by molar-refractivity contribution is 9.10. The van der Waals surface area contributed by atoms with E-state index >= 15 is 0 Å². The maximum atomic E-state index is 12.8. The molecule has 1 aliphatic rings. The summed E-state index contributed by atoms with van der Waals surface area (Å²) in [5, 5.41) is 3.34. The largest absolute Gasteiger partial charge is 0.314 e. The van der Waals surface area contributed by atoms with Crippen LogP contribution in [0, 0.1) is 6.92 Å². The SMILES string of the molecule is Cc1ccc([C@H](CCF)N2CCNCC2)c(Br)c1. The van der Waals surface area contributed by atoms with Crippen molar-refractivity contribution in [2.45, 2.75) is 19.4 Å². The van der Waals surface area contributed by atoms with Gasteiger partial charge in [0, 0.05) is 36.7 Å². The van der Waals surface area contributed by atoms with Crippen LogP contribution in [0.25, 0.3) is 0 Å². The molecule has 1 N–H and O–H groups in total. The average molecular weight is 315 g/mol. The van der Waals surface area contributed by atoms with E-state index in [0.717, 1.165) is 30.7 Å². The monoisotopic (exact) mass is 314 g/mol. The number of hydrogen-bond donors (Lipinski definition) is 1. The van der Waals surface area contributed by atoms with Crippen molar-refractivity contribution in [2.75, 3.05) is 32.9 Å². The molecule has 1 atom stereocenters. The predicted octanol–water partition coefficient (Wildman–Crippen LogP) is 3.06. The molecule has 0 aromatic heterocycles. The minimum Gasteiger partial charge on any atom is -0.314 e. The second kappa shape index (κ2) is 6.64. The highest BCUT2D eigenvalue weighted by atomic mass is 79.9. The molecule has 1 heterocycles. The third kappa shape index (κ3) is 3.31. The van der Waals surface area contributed by atoms with Crippen LogP contribution < -0.4 is 5.32 Å². The number of hydrogen-bond acceptors (Lipinski definition) is 2. The Morgan fingerprint density at radius 1 is 1.39 bits per heavy atom. The number of piperazine rings is 1. The van der Waals surface area contributed by atoms with Crippen LogP contribution in [-0.2, 0) is 0 Å². The van der Waals surface area contributed by atoms with Crippen LogP contribution in [0.4, 0.5) is 4.39 Å². The lowest BCUT2D eigenvalue weighted by Crippen LogP contribution is -2.45. The summed E-state index contributed by atoms with van der Waals surface area (Å²) >= 11 is 3.62. The minimum absolute atomic E-state index is 0.187. The van der Waals surface area contributed by atoms with Crippen LogP contribution in [0.1, 0.15) is 23.6 Å². The van der Waals surface area contributed by atoms with Crippen LogP contribution in [-0.4, -0.2) is 37.8 Å². The lowest BCUT2D eigenvalue weighted by atomic mass is 10.0. The van der Waals surface area contributed by atoms with E-state index in [1.807, 2.05) is 0 Å². The summed E-state index contributed by atoms with van der Waals surface area (Å²) in [6.45, 7) is 5.77. The molecule has 0 saturated carbocycles. The van der Waals surface area contributed by atoms with Gasteiger partial charge in [0.15, 0.2) is 0 Å². The van der Waals surface area contributed by atoms with Crippen molar-refractivity contribution in [2.24, 2.45) is 0 Å². The van der Waals surface area contributed by atoms with E-state index in [4.69, 9.17) is 0 Å². The molecule has 1 fully saturated rings. The van der Waals surface area contributed by atoms with Gasteiger partial charge in [-0.1, -0.05) is 28.1 Å². The van der Waals surface area contributed by atoms with E-state index in [9.17, 15) is 4.39 Å².